The molecule has 0 bridgehead atoms. The predicted molar refractivity (Wildman–Crippen MR) is 60.6 cm³/mol. The van der Waals surface area contributed by atoms with Crippen LogP contribution in [0.3, 0.4) is 0 Å². The highest BCUT2D eigenvalue weighted by Crippen LogP contribution is 2.31. The van der Waals surface area contributed by atoms with Crippen LogP contribution in [0.4, 0.5) is 0 Å². The molecular formula is C11H16O2S. The predicted octanol–water partition coefficient (Wildman–Crippen LogP) is 3.21. The highest BCUT2D eigenvalue weighted by Gasteiger charge is 2.04. The summed E-state index contributed by atoms with van der Waals surface area (Å²) in [7, 11) is 1.66. The number of hydrogen-bond acceptors (Lipinski definition) is 3. The van der Waals surface area contributed by atoms with Gasteiger partial charge in [-0.1, -0.05) is 6.92 Å². The van der Waals surface area contributed by atoms with Crippen LogP contribution in [0.5, 0.6) is 11.5 Å². The Kier molecular flexibility index (Phi) is 4.66. The lowest BCUT2D eigenvalue weighted by molar-refractivity contribution is 0.293. The maximum Gasteiger partial charge on any atom is 0.162 e. The first-order chi connectivity index (χ1) is 6.81. The molecule has 0 aliphatic carbocycles. The molecule has 0 aliphatic rings. The van der Waals surface area contributed by atoms with Gasteiger partial charge in [0.15, 0.2) is 11.5 Å². The molecule has 0 aromatic heterocycles. The van der Waals surface area contributed by atoms with Crippen molar-refractivity contribution in [3.8, 4) is 11.5 Å². The van der Waals surface area contributed by atoms with Crippen molar-refractivity contribution in [3.63, 3.8) is 0 Å². The highest BCUT2D eigenvalue weighted by atomic mass is 32.2. The fraction of sp³-hybridized carbons (Fsp3) is 0.455. The van der Waals surface area contributed by atoms with Gasteiger partial charge in [0, 0.05) is 4.90 Å². The van der Waals surface area contributed by atoms with Crippen LogP contribution in [0, 0.1) is 0 Å². The first-order valence-electron chi connectivity index (χ1n) is 4.66. The number of methoxy groups -OCH3 is 1. The van der Waals surface area contributed by atoms with Crippen molar-refractivity contribution in [1.82, 2.24) is 0 Å². The first-order valence-corrected chi connectivity index (χ1v) is 5.89. The fourth-order valence-electron chi connectivity index (χ4n) is 1.11. The summed E-state index contributed by atoms with van der Waals surface area (Å²) >= 11 is 1.70. The number of hydrogen-bond donors (Lipinski definition) is 0. The van der Waals surface area contributed by atoms with E-state index in [0.717, 1.165) is 24.5 Å². The molecule has 0 atom stereocenters. The molecule has 1 aromatic rings. The Morgan fingerprint density at radius 1 is 1.29 bits per heavy atom. The highest BCUT2D eigenvalue weighted by molar-refractivity contribution is 7.98. The van der Waals surface area contributed by atoms with Crippen LogP contribution >= 0.6 is 11.8 Å². The maximum absolute atomic E-state index is 5.58. The van der Waals surface area contributed by atoms with Crippen LogP contribution in [0.2, 0.25) is 0 Å². The molecule has 0 saturated heterocycles. The van der Waals surface area contributed by atoms with Crippen molar-refractivity contribution in [2.24, 2.45) is 0 Å². The van der Waals surface area contributed by atoms with E-state index in [4.69, 9.17) is 9.47 Å². The van der Waals surface area contributed by atoms with Gasteiger partial charge in [0.1, 0.15) is 0 Å². The molecule has 0 saturated carbocycles. The molecule has 3 heteroatoms. The Balaban J connectivity index is 2.84. The number of thioether (sulfide) groups is 1. The van der Waals surface area contributed by atoms with Crippen molar-refractivity contribution >= 4 is 11.8 Å². The Morgan fingerprint density at radius 2 is 2.07 bits per heavy atom. The molecule has 0 aliphatic heterocycles. The van der Waals surface area contributed by atoms with Gasteiger partial charge in [-0.3, -0.25) is 0 Å². The van der Waals surface area contributed by atoms with Crippen LogP contribution in [0.25, 0.3) is 0 Å². The summed E-state index contributed by atoms with van der Waals surface area (Å²) in [6, 6.07) is 5.98. The van der Waals surface area contributed by atoms with Gasteiger partial charge in [-0.25, -0.2) is 0 Å². The van der Waals surface area contributed by atoms with Crippen molar-refractivity contribution in [2.45, 2.75) is 18.2 Å². The zero-order chi connectivity index (χ0) is 10.4. The zero-order valence-corrected chi connectivity index (χ0v) is 9.69. The molecule has 1 rings (SSSR count). The molecule has 0 spiro atoms. The lowest BCUT2D eigenvalue weighted by Crippen LogP contribution is -1.97. The minimum atomic E-state index is 0.730. The normalized spacial score (nSPS) is 9.93. The van der Waals surface area contributed by atoms with E-state index in [1.165, 1.54) is 4.90 Å². The van der Waals surface area contributed by atoms with Crippen molar-refractivity contribution in [1.29, 1.82) is 0 Å². The molecule has 0 unspecified atom stereocenters. The average molecular weight is 212 g/mol. The van der Waals surface area contributed by atoms with Crippen LogP contribution in [-0.2, 0) is 0 Å². The largest absolute Gasteiger partial charge is 0.493 e. The Hall–Kier alpha value is -0.830. The standard InChI is InChI=1S/C11H16O2S/c1-4-7-13-11-8-9(14-3)5-6-10(11)12-2/h5-6,8H,4,7H2,1-3H3. The third-order valence-corrected chi connectivity index (χ3v) is 2.56. The van der Waals surface area contributed by atoms with Crippen molar-refractivity contribution < 1.29 is 9.47 Å². The van der Waals surface area contributed by atoms with Gasteiger partial charge in [0.2, 0.25) is 0 Å². The average Bonchev–Trinajstić information content (AvgIpc) is 2.25. The van der Waals surface area contributed by atoms with Gasteiger partial charge >= 0.3 is 0 Å². The van der Waals surface area contributed by atoms with E-state index in [9.17, 15) is 0 Å². The van der Waals surface area contributed by atoms with E-state index in [2.05, 4.69) is 6.92 Å². The molecule has 0 N–H and O–H groups in total. The molecule has 0 heterocycles. The molecule has 78 valence electrons. The second-order valence-electron chi connectivity index (χ2n) is 2.87. The Morgan fingerprint density at radius 3 is 2.64 bits per heavy atom. The summed E-state index contributed by atoms with van der Waals surface area (Å²) in [6.45, 7) is 2.82. The third kappa shape index (κ3) is 2.84. The summed E-state index contributed by atoms with van der Waals surface area (Å²) < 4.78 is 10.8. The second kappa shape index (κ2) is 5.81. The lowest BCUT2D eigenvalue weighted by atomic mass is 10.3. The van der Waals surface area contributed by atoms with Gasteiger partial charge in [0.05, 0.1) is 13.7 Å². The van der Waals surface area contributed by atoms with E-state index in [1.807, 2.05) is 24.5 Å². The summed E-state index contributed by atoms with van der Waals surface area (Å²) in [5, 5.41) is 0. The van der Waals surface area contributed by atoms with Gasteiger partial charge in [-0.05, 0) is 30.9 Å². The van der Waals surface area contributed by atoms with E-state index >= 15 is 0 Å². The minimum Gasteiger partial charge on any atom is -0.493 e. The number of benzene rings is 1. The van der Waals surface area contributed by atoms with E-state index in [-0.39, 0.29) is 0 Å². The zero-order valence-electron chi connectivity index (χ0n) is 8.87. The van der Waals surface area contributed by atoms with Gasteiger partial charge in [0.25, 0.3) is 0 Å². The summed E-state index contributed by atoms with van der Waals surface area (Å²) in [4.78, 5) is 1.19. The monoisotopic (exact) mass is 212 g/mol. The minimum absolute atomic E-state index is 0.730. The van der Waals surface area contributed by atoms with Crippen LogP contribution in [-0.4, -0.2) is 20.0 Å². The van der Waals surface area contributed by atoms with E-state index in [0.29, 0.717) is 0 Å². The van der Waals surface area contributed by atoms with E-state index in [1.54, 1.807) is 18.9 Å². The van der Waals surface area contributed by atoms with Crippen LogP contribution in [0.15, 0.2) is 23.1 Å². The molecule has 14 heavy (non-hydrogen) atoms. The summed E-state index contributed by atoms with van der Waals surface area (Å²) in [6.07, 6.45) is 3.05. The van der Waals surface area contributed by atoms with Crippen molar-refractivity contribution in [3.05, 3.63) is 18.2 Å². The van der Waals surface area contributed by atoms with Gasteiger partial charge in [-0.15, -0.1) is 11.8 Å². The molecule has 0 fully saturated rings. The summed E-state index contributed by atoms with van der Waals surface area (Å²) in [5.41, 5.74) is 0. The fourth-order valence-corrected chi connectivity index (χ4v) is 1.54. The van der Waals surface area contributed by atoms with E-state index < -0.39 is 0 Å². The number of ether oxygens (including phenoxy) is 2. The first kappa shape index (κ1) is 11.2. The number of rotatable bonds is 5. The molecule has 1 aromatic carbocycles. The quantitative estimate of drug-likeness (QED) is 0.698. The van der Waals surface area contributed by atoms with Gasteiger partial charge < -0.3 is 9.47 Å². The third-order valence-electron chi connectivity index (χ3n) is 1.83. The maximum atomic E-state index is 5.58. The smallest absolute Gasteiger partial charge is 0.162 e. The molecule has 2 nitrogen and oxygen atoms in total. The van der Waals surface area contributed by atoms with Crippen molar-refractivity contribution in [2.75, 3.05) is 20.0 Å². The lowest BCUT2D eigenvalue weighted by Gasteiger charge is -2.10. The molecular weight excluding hydrogens is 196 g/mol. The topological polar surface area (TPSA) is 18.5 Å². The van der Waals surface area contributed by atoms with Gasteiger partial charge in [-0.2, -0.15) is 0 Å². The molecule has 0 amide bonds. The SMILES string of the molecule is CCCOc1cc(SC)ccc1OC. The van der Waals surface area contributed by atoms with Crippen LogP contribution in [0.1, 0.15) is 13.3 Å². The molecule has 0 radical (unpaired) electrons. The Bertz CT molecular complexity index is 287. The van der Waals surface area contributed by atoms with Crippen LogP contribution < -0.4 is 9.47 Å². The Labute approximate surface area is 89.6 Å². The summed E-state index contributed by atoms with van der Waals surface area (Å²) in [5.74, 6) is 1.64. The second-order valence-corrected chi connectivity index (χ2v) is 3.74.